The van der Waals surface area contributed by atoms with Crippen molar-refractivity contribution < 1.29 is 9.47 Å². The molecular formula is C10H18O2. The molecule has 2 fully saturated rings. The van der Waals surface area contributed by atoms with E-state index in [1.54, 1.807) is 0 Å². The SMILES string of the molecule is C[C@H]1CCC2(C1)O[C@H](C)[C@@H](C)O2. The quantitative estimate of drug-likeness (QED) is 0.555. The molecule has 12 heavy (non-hydrogen) atoms. The highest BCUT2D eigenvalue weighted by Crippen LogP contribution is 2.44. The predicted octanol–water partition coefficient (Wildman–Crippen LogP) is 2.33. The summed E-state index contributed by atoms with van der Waals surface area (Å²) in [7, 11) is 0. The van der Waals surface area contributed by atoms with Crippen LogP contribution in [0.15, 0.2) is 0 Å². The molecule has 1 spiro atoms. The van der Waals surface area contributed by atoms with Gasteiger partial charge in [0.15, 0.2) is 5.79 Å². The molecule has 0 amide bonds. The second-order valence-electron chi connectivity index (χ2n) is 4.40. The van der Waals surface area contributed by atoms with E-state index >= 15 is 0 Å². The molecule has 0 radical (unpaired) electrons. The van der Waals surface area contributed by atoms with E-state index in [2.05, 4.69) is 20.8 Å². The number of hydrogen-bond acceptors (Lipinski definition) is 2. The van der Waals surface area contributed by atoms with Crippen molar-refractivity contribution in [3.63, 3.8) is 0 Å². The molecule has 70 valence electrons. The van der Waals surface area contributed by atoms with Crippen molar-refractivity contribution in [2.24, 2.45) is 5.92 Å². The Morgan fingerprint density at radius 2 is 1.67 bits per heavy atom. The molecule has 1 aliphatic carbocycles. The lowest BCUT2D eigenvalue weighted by molar-refractivity contribution is -0.168. The molecule has 1 aliphatic heterocycles. The highest BCUT2D eigenvalue weighted by molar-refractivity contribution is 4.88. The van der Waals surface area contributed by atoms with Crippen LogP contribution >= 0.6 is 0 Å². The predicted molar refractivity (Wildman–Crippen MR) is 46.8 cm³/mol. The zero-order chi connectivity index (χ0) is 8.77. The molecule has 1 saturated heterocycles. The van der Waals surface area contributed by atoms with Crippen molar-refractivity contribution in [3.05, 3.63) is 0 Å². The first-order chi connectivity index (χ1) is 5.61. The van der Waals surface area contributed by atoms with Crippen LogP contribution in [0, 0.1) is 5.92 Å². The zero-order valence-corrected chi connectivity index (χ0v) is 8.17. The van der Waals surface area contributed by atoms with Gasteiger partial charge in [-0.25, -0.2) is 0 Å². The topological polar surface area (TPSA) is 18.5 Å². The first-order valence-electron chi connectivity index (χ1n) is 4.97. The fourth-order valence-electron chi connectivity index (χ4n) is 2.31. The fourth-order valence-corrected chi connectivity index (χ4v) is 2.31. The van der Waals surface area contributed by atoms with Crippen molar-refractivity contribution >= 4 is 0 Å². The largest absolute Gasteiger partial charge is 0.344 e. The van der Waals surface area contributed by atoms with Gasteiger partial charge in [0.2, 0.25) is 0 Å². The molecule has 2 rings (SSSR count). The maximum Gasteiger partial charge on any atom is 0.169 e. The standard InChI is InChI=1S/C10H18O2/c1-7-4-5-10(6-7)11-8(2)9(3)12-10/h7-9H,4-6H2,1-3H3/t7-,8+,9+/m0/s1. The lowest BCUT2D eigenvalue weighted by Crippen LogP contribution is -2.26. The minimum absolute atomic E-state index is 0.196. The maximum atomic E-state index is 5.87. The highest BCUT2D eigenvalue weighted by atomic mass is 16.8. The molecular weight excluding hydrogens is 152 g/mol. The van der Waals surface area contributed by atoms with E-state index in [0.29, 0.717) is 0 Å². The molecule has 0 aromatic rings. The van der Waals surface area contributed by atoms with E-state index in [1.807, 2.05) is 0 Å². The Labute approximate surface area is 74.2 Å². The summed E-state index contributed by atoms with van der Waals surface area (Å²) in [6.07, 6.45) is 3.97. The molecule has 3 atom stereocenters. The molecule has 1 saturated carbocycles. The van der Waals surface area contributed by atoms with Gasteiger partial charge < -0.3 is 9.47 Å². The molecule has 0 N–H and O–H groups in total. The molecule has 2 nitrogen and oxygen atoms in total. The van der Waals surface area contributed by atoms with Gasteiger partial charge in [0.05, 0.1) is 12.2 Å². The van der Waals surface area contributed by atoms with Gasteiger partial charge in [-0.2, -0.15) is 0 Å². The maximum absolute atomic E-state index is 5.87. The molecule has 2 heteroatoms. The van der Waals surface area contributed by atoms with Crippen LogP contribution in [0.4, 0.5) is 0 Å². The smallest absolute Gasteiger partial charge is 0.169 e. The Bertz CT molecular complexity index is 169. The number of rotatable bonds is 0. The summed E-state index contributed by atoms with van der Waals surface area (Å²) >= 11 is 0. The van der Waals surface area contributed by atoms with Crippen LogP contribution in [0.3, 0.4) is 0 Å². The monoisotopic (exact) mass is 170 g/mol. The summed E-state index contributed by atoms with van der Waals surface area (Å²) in [5.74, 6) is 0.570. The summed E-state index contributed by atoms with van der Waals surface area (Å²) in [4.78, 5) is 0. The van der Waals surface area contributed by atoms with E-state index in [0.717, 1.165) is 18.8 Å². The third kappa shape index (κ3) is 1.27. The van der Waals surface area contributed by atoms with Crippen LogP contribution in [0.25, 0.3) is 0 Å². The van der Waals surface area contributed by atoms with Gasteiger partial charge in [-0.1, -0.05) is 6.92 Å². The van der Waals surface area contributed by atoms with Gasteiger partial charge in [-0.15, -0.1) is 0 Å². The van der Waals surface area contributed by atoms with Gasteiger partial charge in [-0.3, -0.25) is 0 Å². The van der Waals surface area contributed by atoms with Crippen LogP contribution in [0.1, 0.15) is 40.0 Å². The summed E-state index contributed by atoms with van der Waals surface area (Å²) < 4.78 is 11.7. The van der Waals surface area contributed by atoms with E-state index in [1.165, 1.54) is 6.42 Å². The first-order valence-corrected chi connectivity index (χ1v) is 4.97. The van der Waals surface area contributed by atoms with Crippen LogP contribution in [-0.4, -0.2) is 18.0 Å². The van der Waals surface area contributed by atoms with Gasteiger partial charge in [-0.05, 0) is 26.2 Å². The second-order valence-corrected chi connectivity index (χ2v) is 4.40. The third-order valence-electron chi connectivity index (χ3n) is 3.14. The van der Waals surface area contributed by atoms with Gasteiger partial charge in [0.1, 0.15) is 0 Å². The zero-order valence-electron chi connectivity index (χ0n) is 8.17. The molecule has 0 aromatic heterocycles. The van der Waals surface area contributed by atoms with Gasteiger partial charge >= 0.3 is 0 Å². The number of hydrogen-bond donors (Lipinski definition) is 0. The van der Waals surface area contributed by atoms with E-state index in [-0.39, 0.29) is 18.0 Å². The Morgan fingerprint density at radius 1 is 1.08 bits per heavy atom. The van der Waals surface area contributed by atoms with Crippen molar-refractivity contribution in [2.75, 3.05) is 0 Å². The Balaban J connectivity index is 2.05. The van der Waals surface area contributed by atoms with E-state index in [9.17, 15) is 0 Å². The summed E-state index contributed by atoms with van der Waals surface area (Å²) in [6.45, 7) is 6.47. The van der Waals surface area contributed by atoms with Gasteiger partial charge in [0.25, 0.3) is 0 Å². The van der Waals surface area contributed by atoms with Crippen molar-refractivity contribution in [3.8, 4) is 0 Å². The minimum Gasteiger partial charge on any atom is -0.344 e. The minimum atomic E-state index is -0.196. The fraction of sp³-hybridized carbons (Fsp3) is 1.00. The van der Waals surface area contributed by atoms with Crippen LogP contribution in [-0.2, 0) is 9.47 Å². The lowest BCUT2D eigenvalue weighted by atomic mass is 10.1. The lowest BCUT2D eigenvalue weighted by Gasteiger charge is -2.22. The molecule has 1 heterocycles. The molecule has 0 aromatic carbocycles. The average molecular weight is 170 g/mol. The summed E-state index contributed by atoms with van der Waals surface area (Å²) in [6, 6.07) is 0. The van der Waals surface area contributed by atoms with Crippen molar-refractivity contribution in [1.29, 1.82) is 0 Å². The Hall–Kier alpha value is -0.0800. The number of ether oxygens (including phenoxy) is 2. The van der Waals surface area contributed by atoms with E-state index < -0.39 is 0 Å². The Kier molecular flexibility index (Phi) is 1.92. The average Bonchev–Trinajstić information content (AvgIpc) is 2.42. The Morgan fingerprint density at radius 3 is 2.08 bits per heavy atom. The van der Waals surface area contributed by atoms with Crippen LogP contribution in [0.5, 0.6) is 0 Å². The second kappa shape index (κ2) is 2.71. The highest BCUT2D eigenvalue weighted by Gasteiger charge is 2.47. The van der Waals surface area contributed by atoms with Crippen molar-refractivity contribution in [1.82, 2.24) is 0 Å². The molecule has 0 bridgehead atoms. The van der Waals surface area contributed by atoms with E-state index in [4.69, 9.17) is 9.47 Å². The third-order valence-corrected chi connectivity index (χ3v) is 3.14. The summed E-state index contributed by atoms with van der Waals surface area (Å²) in [5, 5.41) is 0. The van der Waals surface area contributed by atoms with Crippen molar-refractivity contribution in [2.45, 2.75) is 58.0 Å². The normalized spacial score (nSPS) is 45.8. The van der Waals surface area contributed by atoms with Crippen LogP contribution < -0.4 is 0 Å². The molecule has 0 unspecified atom stereocenters. The summed E-state index contributed by atoms with van der Waals surface area (Å²) in [5.41, 5.74) is 0. The van der Waals surface area contributed by atoms with Gasteiger partial charge in [0, 0.05) is 12.8 Å². The van der Waals surface area contributed by atoms with Crippen LogP contribution in [0.2, 0.25) is 0 Å². The first kappa shape index (κ1) is 8.52. The molecule has 2 aliphatic rings.